The Kier molecular flexibility index (Phi) is 4.17. The summed E-state index contributed by atoms with van der Waals surface area (Å²) in [6.07, 6.45) is 7.34. The maximum Gasteiger partial charge on any atom is 0.226 e. The summed E-state index contributed by atoms with van der Waals surface area (Å²) in [4.78, 5) is 12.5. The SMILES string of the molecule is C#CCOc1ccc([C@H]2CC(=O)Nc3c2cnn3-c2ccc3nnc(C)n3n2)cc1. The maximum atomic E-state index is 12.5. The van der Waals surface area contributed by atoms with Gasteiger partial charge < -0.3 is 10.1 Å². The van der Waals surface area contributed by atoms with Crippen LogP contribution in [0.3, 0.4) is 0 Å². The molecule has 1 atom stereocenters. The van der Waals surface area contributed by atoms with Gasteiger partial charge in [0, 0.05) is 17.9 Å². The number of rotatable bonds is 4. The molecule has 1 amide bonds. The van der Waals surface area contributed by atoms with Crippen LogP contribution in [0.2, 0.25) is 0 Å². The van der Waals surface area contributed by atoms with Gasteiger partial charge in [0.1, 0.15) is 18.2 Å². The smallest absolute Gasteiger partial charge is 0.226 e. The summed E-state index contributed by atoms with van der Waals surface area (Å²) in [7, 11) is 0. The van der Waals surface area contributed by atoms with Crippen LogP contribution >= 0.6 is 0 Å². The van der Waals surface area contributed by atoms with Gasteiger partial charge in [0.15, 0.2) is 17.3 Å². The highest BCUT2D eigenvalue weighted by molar-refractivity contribution is 5.94. The topological polar surface area (TPSA) is 99.2 Å². The molecule has 1 aromatic carbocycles. The van der Waals surface area contributed by atoms with E-state index < -0.39 is 0 Å². The third kappa shape index (κ3) is 2.95. The number of fused-ring (bicyclic) bond motifs is 2. The van der Waals surface area contributed by atoms with Crippen LogP contribution in [0.4, 0.5) is 5.82 Å². The van der Waals surface area contributed by atoms with E-state index in [1.807, 2.05) is 37.3 Å². The third-order valence-electron chi connectivity index (χ3n) is 5.05. The number of carbonyl (C=O) groups excluding carboxylic acids is 1. The van der Waals surface area contributed by atoms with Crippen LogP contribution in [0.1, 0.15) is 29.3 Å². The zero-order valence-corrected chi connectivity index (χ0v) is 16.1. The number of hydrogen-bond donors (Lipinski definition) is 1. The van der Waals surface area contributed by atoms with Crippen LogP contribution in [0, 0.1) is 19.3 Å². The van der Waals surface area contributed by atoms with E-state index in [9.17, 15) is 4.79 Å². The summed E-state index contributed by atoms with van der Waals surface area (Å²) >= 11 is 0. The molecule has 0 aliphatic carbocycles. The Labute approximate surface area is 171 Å². The molecule has 148 valence electrons. The number of amides is 1. The van der Waals surface area contributed by atoms with E-state index in [1.165, 1.54) is 0 Å². The maximum absolute atomic E-state index is 12.5. The fourth-order valence-electron chi connectivity index (χ4n) is 3.61. The minimum atomic E-state index is -0.121. The monoisotopic (exact) mass is 399 g/mol. The fraction of sp³-hybridized carbons (Fsp3) is 0.190. The summed E-state index contributed by atoms with van der Waals surface area (Å²) < 4.78 is 8.70. The average molecular weight is 399 g/mol. The molecule has 1 N–H and O–H groups in total. The van der Waals surface area contributed by atoms with E-state index >= 15 is 0 Å². The van der Waals surface area contributed by atoms with Crippen molar-refractivity contribution in [1.82, 2.24) is 29.6 Å². The molecular formula is C21H17N7O2. The van der Waals surface area contributed by atoms with E-state index in [-0.39, 0.29) is 18.4 Å². The third-order valence-corrected chi connectivity index (χ3v) is 5.05. The van der Waals surface area contributed by atoms with Crippen molar-refractivity contribution in [2.45, 2.75) is 19.3 Å². The number of ether oxygens (including phenoxy) is 1. The molecule has 4 aromatic rings. The number of hydrogen-bond acceptors (Lipinski definition) is 6. The van der Waals surface area contributed by atoms with Gasteiger partial charge in [0.25, 0.3) is 0 Å². The molecule has 5 rings (SSSR count). The van der Waals surface area contributed by atoms with Crippen molar-refractivity contribution in [3.05, 3.63) is 59.5 Å². The lowest BCUT2D eigenvalue weighted by Crippen LogP contribution is -2.24. The number of aromatic nitrogens is 6. The highest BCUT2D eigenvalue weighted by Gasteiger charge is 2.30. The van der Waals surface area contributed by atoms with Gasteiger partial charge in [-0.3, -0.25) is 4.79 Å². The molecule has 0 spiro atoms. The molecule has 0 unspecified atom stereocenters. The van der Waals surface area contributed by atoms with Gasteiger partial charge in [-0.2, -0.15) is 14.3 Å². The van der Waals surface area contributed by atoms with E-state index in [4.69, 9.17) is 11.2 Å². The minimum absolute atomic E-state index is 0.0801. The Morgan fingerprint density at radius 1 is 1.23 bits per heavy atom. The second-order valence-corrected chi connectivity index (χ2v) is 6.94. The minimum Gasteiger partial charge on any atom is -0.481 e. The van der Waals surface area contributed by atoms with E-state index in [1.54, 1.807) is 21.5 Å². The van der Waals surface area contributed by atoms with Crippen molar-refractivity contribution in [2.24, 2.45) is 0 Å². The first kappa shape index (κ1) is 17.9. The Balaban J connectivity index is 1.53. The zero-order valence-electron chi connectivity index (χ0n) is 16.1. The summed E-state index contributed by atoms with van der Waals surface area (Å²) in [5.74, 6) is 4.77. The lowest BCUT2D eigenvalue weighted by Gasteiger charge is -2.23. The van der Waals surface area contributed by atoms with Gasteiger partial charge >= 0.3 is 0 Å². The summed E-state index contributed by atoms with van der Waals surface area (Å²) in [6, 6.07) is 11.2. The van der Waals surface area contributed by atoms with Crippen LogP contribution in [0.25, 0.3) is 11.5 Å². The number of aryl methyl sites for hydroxylation is 1. The van der Waals surface area contributed by atoms with Crippen LogP contribution in [-0.4, -0.2) is 42.1 Å². The van der Waals surface area contributed by atoms with Crippen LogP contribution in [0.5, 0.6) is 5.75 Å². The average Bonchev–Trinajstić information content (AvgIpc) is 3.35. The molecule has 0 radical (unpaired) electrons. The van der Waals surface area contributed by atoms with Crippen molar-refractivity contribution >= 4 is 17.4 Å². The standard InChI is InChI=1S/C21H17N7O2/c1-3-10-30-15-6-4-14(5-7-15)16-11-20(29)23-21-17(16)12-22-28(21)19-9-8-18-25-24-13(2)27(18)26-19/h1,4-9,12,16H,10-11H2,2H3,(H,23,29)/t16-/m1/s1. The number of anilines is 1. The quantitative estimate of drug-likeness (QED) is 0.528. The molecule has 9 heteroatoms. The Morgan fingerprint density at radius 3 is 2.87 bits per heavy atom. The van der Waals surface area contributed by atoms with Gasteiger partial charge in [-0.15, -0.1) is 21.7 Å². The lowest BCUT2D eigenvalue weighted by atomic mass is 9.87. The molecule has 30 heavy (non-hydrogen) atoms. The number of nitrogens with one attached hydrogen (secondary N) is 1. The van der Waals surface area contributed by atoms with Crippen molar-refractivity contribution in [3.8, 4) is 23.9 Å². The molecule has 1 aliphatic rings. The predicted octanol–water partition coefficient (Wildman–Crippen LogP) is 2.10. The fourth-order valence-corrected chi connectivity index (χ4v) is 3.61. The molecule has 0 bridgehead atoms. The predicted molar refractivity (Wildman–Crippen MR) is 109 cm³/mol. The number of nitrogens with zero attached hydrogens (tertiary/aromatic N) is 6. The number of carbonyl (C=O) groups is 1. The second-order valence-electron chi connectivity index (χ2n) is 6.94. The van der Waals surface area contributed by atoms with Gasteiger partial charge in [-0.25, -0.2) is 0 Å². The van der Waals surface area contributed by atoms with Crippen LogP contribution < -0.4 is 10.1 Å². The van der Waals surface area contributed by atoms with Crippen molar-refractivity contribution in [1.29, 1.82) is 0 Å². The van der Waals surface area contributed by atoms with Crippen molar-refractivity contribution in [2.75, 3.05) is 11.9 Å². The van der Waals surface area contributed by atoms with Crippen LogP contribution in [0.15, 0.2) is 42.6 Å². The molecule has 0 saturated heterocycles. The van der Waals surface area contributed by atoms with E-state index in [0.29, 0.717) is 35.3 Å². The first-order chi connectivity index (χ1) is 14.6. The van der Waals surface area contributed by atoms with Crippen molar-refractivity contribution in [3.63, 3.8) is 0 Å². The first-order valence-electron chi connectivity index (χ1n) is 9.37. The van der Waals surface area contributed by atoms with Gasteiger partial charge in [-0.05, 0) is 36.8 Å². The van der Waals surface area contributed by atoms with Gasteiger partial charge in [0.05, 0.1) is 6.20 Å². The molecule has 1 aliphatic heterocycles. The molecular weight excluding hydrogens is 382 g/mol. The Morgan fingerprint density at radius 2 is 2.07 bits per heavy atom. The number of benzene rings is 1. The molecule has 4 heterocycles. The number of terminal acetylenes is 1. The largest absolute Gasteiger partial charge is 0.481 e. The molecule has 3 aromatic heterocycles. The summed E-state index contributed by atoms with van der Waals surface area (Å²) in [6.45, 7) is 2.04. The summed E-state index contributed by atoms with van der Waals surface area (Å²) in [5.41, 5.74) is 2.57. The first-order valence-corrected chi connectivity index (χ1v) is 9.37. The Hall–Kier alpha value is -4.19. The highest BCUT2D eigenvalue weighted by Crippen LogP contribution is 2.38. The van der Waals surface area contributed by atoms with Gasteiger partial charge in [-0.1, -0.05) is 18.1 Å². The molecule has 0 fully saturated rings. The van der Waals surface area contributed by atoms with E-state index in [0.717, 1.165) is 11.1 Å². The molecule has 0 saturated carbocycles. The van der Waals surface area contributed by atoms with Crippen molar-refractivity contribution < 1.29 is 9.53 Å². The van der Waals surface area contributed by atoms with Crippen LogP contribution in [-0.2, 0) is 4.79 Å². The molecule has 9 nitrogen and oxygen atoms in total. The highest BCUT2D eigenvalue weighted by atomic mass is 16.5. The van der Waals surface area contributed by atoms with Gasteiger partial charge in [0.2, 0.25) is 5.91 Å². The lowest BCUT2D eigenvalue weighted by molar-refractivity contribution is -0.116. The normalized spacial score (nSPS) is 15.5. The zero-order chi connectivity index (χ0) is 20.7. The Bertz CT molecular complexity index is 1300. The summed E-state index contributed by atoms with van der Waals surface area (Å²) in [5, 5.41) is 20.1. The van der Waals surface area contributed by atoms with E-state index in [2.05, 4.69) is 31.6 Å². The second kappa shape index (κ2) is 7.00.